The third-order valence-corrected chi connectivity index (χ3v) is 4.03. The van der Waals surface area contributed by atoms with Crippen molar-refractivity contribution in [2.24, 2.45) is 0 Å². The van der Waals surface area contributed by atoms with E-state index in [4.69, 9.17) is 11.6 Å². The molecule has 7 heteroatoms. The van der Waals surface area contributed by atoms with Gasteiger partial charge in [0.1, 0.15) is 11.6 Å². The van der Waals surface area contributed by atoms with Crippen LogP contribution in [0.4, 0.5) is 20.2 Å². The van der Waals surface area contributed by atoms with Crippen LogP contribution in [0.2, 0.25) is 5.02 Å². The van der Waals surface area contributed by atoms with Crippen molar-refractivity contribution in [3.8, 4) is 0 Å². The maximum absolute atomic E-state index is 13.7. The topological polar surface area (TPSA) is 54.0 Å². The van der Waals surface area contributed by atoms with E-state index < -0.39 is 11.6 Å². The van der Waals surface area contributed by atoms with Gasteiger partial charge in [0.05, 0.1) is 23.1 Å². The molecule has 0 radical (unpaired) electrons. The second-order valence-electron chi connectivity index (χ2n) is 5.85. The number of rotatable bonds is 6. The van der Waals surface area contributed by atoms with E-state index in [1.165, 1.54) is 18.5 Å². The maximum atomic E-state index is 13.7. The molecule has 4 nitrogen and oxygen atoms in total. The van der Waals surface area contributed by atoms with E-state index in [2.05, 4.69) is 15.6 Å². The van der Waals surface area contributed by atoms with Gasteiger partial charge in [0.15, 0.2) is 0 Å². The Morgan fingerprint density at radius 3 is 2.70 bits per heavy atom. The van der Waals surface area contributed by atoms with Gasteiger partial charge in [0.25, 0.3) is 5.91 Å². The van der Waals surface area contributed by atoms with Crippen LogP contribution in [0.15, 0.2) is 60.9 Å². The molecule has 0 unspecified atom stereocenters. The van der Waals surface area contributed by atoms with Crippen LogP contribution in [-0.4, -0.2) is 17.4 Å². The molecule has 0 bridgehead atoms. The summed E-state index contributed by atoms with van der Waals surface area (Å²) in [5.74, 6) is -1.69. The maximum Gasteiger partial charge on any atom is 0.252 e. The molecule has 0 saturated carbocycles. The fourth-order valence-electron chi connectivity index (χ4n) is 2.49. The SMILES string of the molecule is O=C(NCCc1cccc(Cl)c1)c1cncc(Nc2ccc(F)cc2F)c1. The number of amides is 1. The number of carbonyl (C=O) groups is 1. The molecule has 3 rings (SSSR count). The van der Waals surface area contributed by atoms with Crippen molar-refractivity contribution in [2.75, 3.05) is 11.9 Å². The molecule has 0 aliphatic heterocycles. The van der Waals surface area contributed by atoms with Crippen LogP contribution in [-0.2, 0) is 6.42 Å². The zero-order chi connectivity index (χ0) is 19.2. The van der Waals surface area contributed by atoms with Crippen molar-refractivity contribution in [3.63, 3.8) is 0 Å². The van der Waals surface area contributed by atoms with Gasteiger partial charge in [0, 0.05) is 23.8 Å². The van der Waals surface area contributed by atoms with Gasteiger partial charge >= 0.3 is 0 Å². The Hall–Kier alpha value is -2.99. The van der Waals surface area contributed by atoms with Crippen molar-refractivity contribution in [1.29, 1.82) is 0 Å². The second kappa shape index (κ2) is 8.60. The first kappa shape index (κ1) is 18.8. The van der Waals surface area contributed by atoms with Crippen molar-refractivity contribution in [3.05, 3.63) is 88.7 Å². The molecule has 1 amide bonds. The van der Waals surface area contributed by atoms with Crippen LogP contribution in [0.25, 0.3) is 0 Å². The van der Waals surface area contributed by atoms with Gasteiger partial charge in [-0.25, -0.2) is 8.78 Å². The molecule has 2 N–H and O–H groups in total. The molecule has 0 fully saturated rings. The van der Waals surface area contributed by atoms with Gasteiger partial charge in [-0.3, -0.25) is 9.78 Å². The Kier molecular flexibility index (Phi) is 5.98. The summed E-state index contributed by atoms with van der Waals surface area (Å²) in [5.41, 5.74) is 1.86. The number of aromatic nitrogens is 1. The van der Waals surface area contributed by atoms with Gasteiger partial charge in [-0.2, -0.15) is 0 Å². The molecule has 0 atom stereocenters. The number of halogens is 3. The van der Waals surface area contributed by atoms with Crippen molar-refractivity contribution < 1.29 is 13.6 Å². The minimum atomic E-state index is -0.730. The highest BCUT2D eigenvalue weighted by atomic mass is 35.5. The Morgan fingerprint density at radius 2 is 1.93 bits per heavy atom. The average molecular weight is 388 g/mol. The van der Waals surface area contributed by atoms with E-state index in [9.17, 15) is 13.6 Å². The molecule has 0 saturated heterocycles. The Labute approximate surface area is 160 Å². The summed E-state index contributed by atoms with van der Waals surface area (Å²) in [6.07, 6.45) is 3.50. The monoisotopic (exact) mass is 387 g/mol. The standard InChI is InChI=1S/C20H16ClF2N3O/c21-15-3-1-2-13(8-15)6-7-25-20(27)14-9-17(12-24-11-14)26-19-5-4-16(22)10-18(19)23/h1-5,8-12,26H,6-7H2,(H,25,27). The number of nitrogens with zero attached hydrogens (tertiary/aromatic N) is 1. The summed E-state index contributed by atoms with van der Waals surface area (Å²) in [6, 6.07) is 12.2. The predicted octanol–water partition coefficient (Wildman–Crippen LogP) is 4.73. The molecule has 1 aromatic heterocycles. The normalized spacial score (nSPS) is 10.5. The first-order chi connectivity index (χ1) is 13.0. The third kappa shape index (κ3) is 5.24. The first-order valence-corrected chi connectivity index (χ1v) is 8.59. The number of benzene rings is 2. The van der Waals surface area contributed by atoms with Gasteiger partial charge < -0.3 is 10.6 Å². The fourth-order valence-corrected chi connectivity index (χ4v) is 2.71. The van der Waals surface area contributed by atoms with E-state index in [0.717, 1.165) is 17.7 Å². The second-order valence-corrected chi connectivity index (χ2v) is 6.28. The minimum absolute atomic E-state index is 0.0942. The molecule has 1 heterocycles. The van der Waals surface area contributed by atoms with Gasteiger partial charge in [-0.1, -0.05) is 23.7 Å². The third-order valence-electron chi connectivity index (χ3n) is 3.80. The number of pyridine rings is 1. The molecule has 0 aliphatic carbocycles. The predicted molar refractivity (Wildman–Crippen MR) is 101 cm³/mol. The van der Waals surface area contributed by atoms with Crippen molar-refractivity contribution in [2.45, 2.75) is 6.42 Å². The fraction of sp³-hybridized carbons (Fsp3) is 0.100. The number of hydrogen-bond acceptors (Lipinski definition) is 3. The van der Waals surface area contributed by atoms with E-state index >= 15 is 0 Å². The van der Waals surface area contributed by atoms with Gasteiger partial charge in [-0.05, 0) is 42.3 Å². The zero-order valence-electron chi connectivity index (χ0n) is 14.2. The Morgan fingerprint density at radius 1 is 1.07 bits per heavy atom. The molecular formula is C20H16ClF2N3O. The van der Waals surface area contributed by atoms with E-state index in [0.29, 0.717) is 29.2 Å². The summed E-state index contributed by atoms with van der Waals surface area (Å²) in [6.45, 7) is 0.434. The molecule has 138 valence electrons. The Bertz CT molecular complexity index is 965. The van der Waals surface area contributed by atoms with Crippen LogP contribution in [0, 0.1) is 11.6 Å². The van der Waals surface area contributed by atoms with E-state index in [-0.39, 0.29) is 11.6 Å². The summed E-state index contributed by atoms with van der Waals surface area (Å²) in [4.78, 5) is 16.3. The minimum Gasteiger partial charge on any atom is -0.352 e. The lowest BCUT2D eigenvalue weighted by Gasteiger charge is -2.09. The van der Waals surface area contributed by atoms with Crippen LogP contribution < -0.4 is 10.6 Å². The van der Waals surface area contributed by atoms with Gasteiger partial charge in [-0.15, -0.1) is 0 Å². The summed E-state index contributed by atoms with van der Waals surface area (Å²) in [7, 11) is 0. The van der Waals surface area contributed by atoms with Crippen molar-refractivity contribution >= 4 is 28.9 Å². The molecule has 0 aliphatic rings. The Balaban J connectivity index is 1.61. The van der Waals surface area contributed by atoms with Crippen LogP contribution in [0.1, 0.15) is 15.9 Å². The lowest BCUT2D eigenvalue weighted by molar-refractivity contribution is 0.0954. The highest BCUT2D eigenvalue weighted by molar-refractivity contribution is 6.30. The quantitative estimate of drug-likeness (QED) is 0.643. The van der Waals surface area contributed by atoms with E-state index in [1.807, 2.05) is 18.2 Å². The average Bonchev–Trinajstić information content (AvgIpc) is 2.64. The summed E-state index contributed by atoms with van der Waals surface area (Å²) >= 11 is 5.94. The largest absolute Gasteiger partial charge is 0.352 e. The van der Waals surface area contributed by atoms with Crippen LogP contribution in [0.5, 0.6) is 0 Å². The number of hydrogen-bond donors (Lipinski definition) is 2. The van der Waals surface area contributed by atoms with Crippen molar-refractivity contribution in [1.82, 2.24) is 10.3 Å². The number of anilines is 2. The number of carbonyl (C=O) groups excluding carboxylic acids is 1. The highest BCUT2D eigenvalue weighted by Crippen LogP contribution is 2.20. The lowest BCUT2D eigenvalue weighted by atomic mass is 10.1. The smallest absolute Gasteiger partial charge is 0.252 e. The molecular weight excluding hydrogens is 372 g/mol. The lowest BCUT2D eigenvalue weighted by Crippen LogP contribution is -2.25. The molecule has 3 aromatic rings. The molecule has 0 spiro atoms. The summed E-state index contributed by atoms with van der Waals surface area (Å²) < 4.78 is 26.7. The van der Waals surface area contributed by atoms with Crippen LogP contribution >= 0.6 is 11.6 Å². The highest BCUT2D eigenvalue weighted by Gasteiger charge is 2.09. The zero-order valence-corrected chi connectivity index (χ0v) is 14.9. The van der Waals surface area contributed by atoms with E-state index in [1.54, 1.807) is 12.1 Å². The molecule has 27 heavy (non-hydrogen) atoms. The summed E-state index contributed by atoms with van der Waals surface area (Å²) in [5, 5.41) is 6.24. The van der Waals surface area contributed by atoms with Crippen LogP contribution in [0.3, 0.4) is 0 Å². The first-order valence-electron chi connectivity index (χ1n) is 8.21. The van der Waals surface area contributed by atoms with Gasteiger partial charge in [0.2, 0.25) is 0 Å². The molecule has 2 aromatic carbocycles. The number of nitrogens with one attached hydrogen (secondary N) is 2.